The Morgan fingerprint density at radius 1 is 1.24 bits per heavy atom. The monoisotopic (exact) mass is 319 g/mol. The van der Waals surface area contributed by atoms with E-state index in [4.69, 9.17) is 14.6 Å². The number of nitrogens with two attached hydrogens (primary N) is 1. The number of ether oxygens (including phenoxy) is 2. The van der Waals surface area contributed by atoms with Crippen LogP contribution in [0, 0.1) is 0 Å². The summed E-state index contributed by atoms with van der Waals surface area (Å²) in [6.07, 6.45) is 1.97. The van der Waals surface area contributed by atoms with E-state index in [1.54, 1.807) is 0 Å². The van der Waals surface area contributed by atoms with Crippen molar-refractivity contribution in [2.75, 3.05) is 19.8 Å². The molecule has 0 spiro atoms. The number of aromatic nitrogens is 2. The zero-order valence-corrected chi connectivity index (χ0v) is 13.0. The molecule has 0 aromatic carbocycles. The molecule has 1 aromatic heterocycles. The number of sulfonamides is 1. The summed E-state index contributed by atoms with van der Waals surface area (Å²) >= 11 is 0. The predicted octanol–water partition coefficient (Wildman–Crippen LogP) is 0.593. The summed E-state index contributed by atoms with van der Waals surface area (Å²) in [5, 5.41) is 11.4. The molecule has 0 atom stereocenters. The maximum atomic E-state index is 11.9. The smallest absolute Gasteiger partial charge is 0.360 e. The number of rotatable bonds is 9. The Morgan fingerprint density at radius 2 is 1.95 bits per heavy atom. The van der Waals surface area contributed by atoms with Crippen molar-refractivity contribution in [1.29, 1.82) is 0 Å². The number of carbonyl (C=O) groups is 1. The highest BCUT2D eigenvalue weighted by molar-refractivity contribution is 7.89. The predicted molar refractivity (Wildman–Crippen MR) is 75.3 cm³/mol. The average Bonchev–Trinajstić information content (AvgIpc) is 2.82. The number of nitrogens with zero attached hydrogens (tertiary/aromatic N) is 1. The summed E-state index contributed by atoms with van der Waals surface area (Å²) < 4.78 is 33.3. The summed E-state index contributed by atoms with van der Waals surface area (Å²) in [4.78, 5) is 11.6. The van der Waals surface area contributed by atoms with Gasteiger partial charge in [-0.05, 0) is 12.8 Å². The fraction of sp³-hybridized carbons (Fsp3) is 0.667. The van der Waals surface area contributed by atoms with E-state index in [-0.39, 0.29) is 23.8 Å². The van der Waals surface area contributed by atoms with Crippen LogP contribution >= 0.6 is 0 Å². The Bertz CT molecular complexity index is 567. The van der Waals surface area contributed by atoms with E-state index in [1.807, 2.05) is 13.8 Å². The quantitative estimate of drug-likeness (QED) is 0.507. The molecule has 1 rings (SSSR count). The number of primary sulfonamides is 1. The lowest BCUT2D eigenvalue weighted by Crippen LogP contribution is -2.19. The van der Waals surface area contributed by atoms with Crippen LogP contribution in [0.15, 0.2) is 4.90 Å². The molecule has 0 aliphatic rings. The van der Waals surface area contributed by atoms with Crippen molar-refractivity contribution in [3.8, 4) is 0 Å². The number of aryl methyl sites for hydroxylation is 1. The minimum absolute atomic E-state index is 0.0267. The third-order valence-corrected chi connectivity index (χ3v) is 3.59. The van der Waals surface area contributed by atoms with Gasteiger partial charge < -0.3 is 9.47 Å². The van der Waals surface area contributed by atoms with Gasteiger partial charge in [-0.1, -0.05) is 20.3 Å². The average molecular weight is 319 g/mol. The molecular formula is C12H21N3O5S. The molecule has 0 bridgehead atoms. The van der Waals surface area contributed by atoms with Crippen molar-refractivity contribution in [2.45, 2.75) is 38.0 Å². The second-order valence-corrected chi connectivity index (χ2v) is 5.92. The topological polar surface area (TPSA) is 124 Å². The van der Waals surface area contributed by atoms with Crippen molar-refractivity contribution in [1.82, 2.24) is 10.2 Å². The van der Waals surface area contributed by atoms with Crippen molar-refractivity contribution in [2.24, 2.45) is 5.14 Å². The van der Waals surface area contributed by atoms with Crippen LogP contribution in [-0.4, -0.2) is 44.4 Å². The van der Waals surface area contributed by atoms with Crippen LogP contribution in [0.3, 0.4) is 0 Å². The first kappa shape index (κ1) is 17.6. The largest absolute Gasteiger partial charge is 0.458 e. The zero-order chi connectivity index (χ0) is 15.9. The van der Waals surface area contributed by atoms with Gasteiger partial charge in [-0.25, -0.2) is 18.4 Å². The first-order valence-electron chi connectivity index (χ1n) is 6.76. The van der Waals surface area contributed by atoms with Gasteiger partial charge in [0.05, 0.1) is 12.3 Å². The van der Waals surface area contributed by atoms with Crippen LogP contribution in [0.4, 0.5) is 0 Å². The van der Waals surface area contributed by atoms with Crippen LogP contribution < -0.4 is 5.14 Å². The third-order valence-electron chi connectivity index (χ3n) is 2.58. The van der Waals surface area contributed by atoms with E-state index in [1.165, 1.54) is 0 Å². The molecule has 0 fully saturated rings. The van der Waals surface area contributed by atoms with Gasteiger partial charge >= 0.3 is 5.97 Å². The van der Waals surface area contributed by atoms with Crippen LogP contribution in [0.1, 0.15) is 42.9 Å². The van der Waals surface area contributed by atoms with Crippen LogP contribution in [0.5, 0.6) is 0 Å². The molecule has 9 heteroatoms. The molecule has 0 saturated heterocycles. The van der Waals surface area contributed by atoms with Crippen LogP contribution in [0.2, 0.25) is 0 Å². The zero-order valence-electron chi connectivity index (χ0n) is 12.2. The summed E-state index contributed by atoms with van der Waals surface area (Å²) in [7, 11) is -4.05. The molecule has 1 aromatic rings. The second-order valence-electron chi connectivity index (χ2n) is 4.42. The summed E-state index contributed by atoms with van der Waals surface area (Å²) in [6.45, 7) is 4.68. The maximum absolute atomic E-state index is 11.9. The normalized spacial score (nSPS) is 11.6. The standard InChI is InChI=1S/C12H21N3O5S/c1-3-5-9-11(21(13,17)18)10(15-14-9)12(16)20-8-7-19-6-4-2/h3-8H2,1-2H3,(H,14,15)(H2,13,17,18). The number of hydrogen-bond acceptors (Lipinski definition) is 6. The van der Waals surface area contributed by atoms with Crippen LogP contribution in [-0.2, 0) is 25.9 Å². The molecule has 0 radical (unpaired) electrons. The van der Waals surface area contributed by atoms with Gasteiger partial charge in [-0.15, -0.1) is 0 Å². The van der Waals surface area contributed by atoms with E-state index in [9.17, 15) is 13.2 Å². The summed E-state index contributed by atoms with van der Waals surface area (Å²) in [5.74, 6) is -0.835. The molecule has 0 saturated carbocycles. The fourth-order valence-electron chi connectivity index (χ4n) is 1.74. The number of H-pyrrole nitrogens is 1. The third kappa shape index (κ3) is 5.10. The Labute approximate surface area is 124 Å². The summed E-state index contributed by atoms with van der Waals surface area (Å²) in [5.41, 5.74) is 0.00521. The molecule has 1 heterocycles. The van der Waals surface area contributed by atoms with E-state index in [0.29, 0.717) is 25.1 Å². The SMILES string of the molecule is CCCOCCOC(=O)c1n[nH]c(CCC)c1S(N)(=O)=O. The number of hydrogen-bond donors (Lipinski definition) is 2. The Kier molecular flexibility index (Phi) is 6.79. The Hall–Kier alpha value is -1.45. The highest BCUT2D eigenvalue weighted by Gasteiger charge is 2.28. The fourth-order valence-corrected chi connectivity index (χ4v) is 2.63. The van der Waals surface area contributed by atoms with Crippen LogP contribution in [0.25, 0.3) is 0 Å². The van der Waals surface area contributed by atoms with E-state index >= 15 is 0 Å². The van der Waals surface area contributed by atoms with E-state index < -0.39 is 16.0 Å². The lowest BCUT2D eigenvalue weighted by Gasteiger charge is -2.05. The minimum atomic E-state index is -4.05. The highest BCUT2D eigenvalue weighted by Crippen LogP contribution is 2.19. The number of esters is 1. The molecule has 0 unspecified atom stereocenters. The summed E-state index contributed by atoms with van der Waals surface area (Å²) in [6, 6.07) is 0. The Balaban J connectivity index is 2.80. The van der Waals surface area contributed by atoms with Gasteiger partial charge in [0, 0.05) is 6.61 Å². The lowest BCUT2D eigenvalue weighted by atomic mass is 10.2. The number of aromatic amines is 1. The number of carbonyl (C=O) groups excluding carboxylic acids is 1. The Morgan fingerprint density at radius 3 is 2.52 bits per heavy atom. The van der Waals surface area contributed by atoms with Gasteiger partial charge in [0.25, 0.3) is 0 Å². The second kappa shape index (κ2) is 8.11. The molecular weight excluding hydrogens is 298 g/mol. The number of nitrogens with one attached hydrogen (secondary N) is 1. The molecule has 3 N–H and O–H groups in total. The van der Waals surface area contributed by atoms with Gasteiger partial charge in [0.1, 0.15) is 11.5 Å². The molecule has 0 aliphatic heterocycles. The first-order chi connectivity index (χ1) is 9.91. The van der Waals surface area contributed by atoms with E-state index in [2.05, 4.69) is 10.2 Å². The molecule has 120 valence electrons. The molecule has 0 amide bonds. The van der Waals surface area contributed by atoms with Crippen molar-refractivity contribution in [3.63, 3.8) is 0 Å². The first-order valence-corrected chi connectivity index (χ1v) is 8.31. The van der Waals surface area contributed by atoms with Gasteiger partial charge in [0.2, 0.25) is 10.0 Å². The molecule has 0 aliphatic carbocycles. The minimum Gasteiger partial charge on any atom is -0.458 e. The highest BCUT2D eigenvalue weighted by atomic mass is 32.2. The van der Waals surface area contributed by atoms with Gasteiger partial charge in [-0.2, -0.15) is 5.10 Å². The molecule has 21 heavy (non-hydrogen) atoms. The maximum Gasteiger partial charge on any atom is 0.360 e. The van der Waals surface area contributed by atoms with Crippen molar-refractivity contribution in [3.05, 3.63) is 11.4 Å². The van der Waals surface area contributed by atoms with Gasteiger partial charge in [-0.3, -0.25) is 5.10 Å². The van der Waals surface area contributed by atoms with E-state index in [0.717, 1.165) is 6.42 Å². The molecule has 8 nitrogen and oxygen atoms in total. The van der Waals surface area contributed by atoms with Crippen molar-refractivity contribution >= 4 is 16.0 Å². The van der Waals surface area contributed by atoms with Crippen molar-refractivity contribution < 1.29 is 22.7 Å². The lowest BCUT2D eigenvalue weighted by molar-refractivity contribution is 0.0309. The van der Waals surface area contributed by atoms with Gasteiger partial charge in [0.15, 0.2) is 5.69 Å².